The molecule has 0 amide bonds. The molecule has 1 heterocycles. The molecule has 3 nitrogen and oxygen atoms in total. The Morgan fingerprint density at radius 2 is 1.94 bits per heavy atom. The lowest BCUT2D eigenvalue weighted by Crippen LogP contribution is -1.93. The van der Waals surface area contributed by atoms with Gasteiger partial charge in [-0.15, -0.1) is 0 Å². The molecule has 16 heavy (non-hydrogen) atoms. The molecule has 0 saturated heterocycles. The number of hydrogen-bond donors (Lipinski definition) is 0. The molecular formula is C13H14N2O. The number of aryl methyl sites for hydroxylation is 2. The molecule has 0 N–H and O–H groups in total. The number of benzene rings is 1. The van der Waals surface area contributed by atoms with Gasteiger partial charge in [0.2, 0.25) is 0 Å². The Kier molecular flexibility index (Phi) is 2.60. The summed E-state index contributed by atoms with van der Waals surface area (Å²) < 4.78 is 1.84. The van der Waals surface area contributed by atoms with Crippen molar-refractivity contribution >= 4 is 6.29 Å². The standard InChI is InChI=1S/C13H14N2O/c1-9-13(10(2)15(3)14-9)12-7-5-4-6-11(12)8-16/h4-8H,1-3H3. The fourth-order valence-electron chi connectivity index (χ4n) is 1.99. The summed E-state index contributed by atoms with van der Waals surface area (Å²) in [6, 6.07) is 7.59. The van der Waals surface area contributed by atoms with E-state index in [1.807, 2.05) is 49.8 Å². The van der Waals surface area contributed by atoms with E-state index in [0.29, 0.717) is 5.56 Å². The maximum absolute atomic E-state index is 11.0. The third-order valence-electron chi connectivity index (χ3n) is 2.87. The summed E-state index contributed by atoms with van der Waals surface area (Å²) in [5.74, 6) is 0. The van der Waals surface area contributed by atoms with E-state index in [1.54, 1.807) is 0 Å². The van der Waals surface area contributed by atoms with Crippen LogP contribution in [0.1, 0.15) is 21.7 Å². The minimum Gasteiger partial charge on any atom is -0.298 e. The molecule has 0 spiro atoms. The predicted octanol–water partition coefficient (Wildman–Crippen LogP) is 2.52. The molecule has 0 radical (unpaired) electrons. The Morgan fingerprint density at radius 3 is 2.50 bits per heavy atom. The normalized spacial score (nSPS) is 10.4. The van der Waals surface area contributed by atoms with Crippen LogP contribution in [0, 0.1) is 13.8 Å². The number of aromatic nitrogens is 2. The molecule has 0 atom stereocenters. The number of rotatable bonds is 2. The SMILES string of the molecule is Cc1nn(C)c(C)c1-c1ccccc1C=O. The Labute approximate surface area is 94.7 Å². The zero-order valence-corrected chi connectivity index (χ0v) is 9.69. The van der Waals surface area contributed by atoms with Crippen molar-refractivity contribution in [1.82, 2.24) is 9.78 Å². The Hall–Kier alpha value is -1.90. The van der Waals surface area contributed by atoms with Crippen LogP contribution < -0.4 is 0 Å². The summed E-state index contributed by atoms with van der Waals surface area (Å²) in [4.78, 5) is 11.0. The molecule has 0 aliphatic heterocycles. The molecule has 2 aromatic rings. The molecule has 0 fully saturated rings. The van der Waals surface area contributed by atoms with Gasteiger partial charge in [-0.1, -0.05) is 24.3 Å². The van der Waals surface area contributed by atoms with Gasteiger partial charge in [0, 0.05) is 23.9 Å². The van der Waals surface area contributed by atoms with E-state index in [1.165, 1.54) is 0 Å². The van der Waals surface area contributed by atoms with Crippen LogP contribution in [0.4, 0.5) is 0 Å². The summed E-state index contributed by atoms with van der Waals surface area (Å²) in [6.45, 7) is 3.97. The first-order chi connectivity index (χ1) is 7.65. The van der Waals surface area contributed by atoms with Crippen molar-refractivity contribution in [3.05, 3.63) is 41.2 Å². The third-order valence-corrected chi connectivity index (χ3v) is 2.87. The second-order valence-electron chi connectivity index (χ2n) is 3.87. The summed E-state index contributed by atoms with van der Waals surface area (Å²) >= 11 is 0. The maximum Gasteiger partial charge on any atom is 0.150 e. The highest BCUT2D eigenvalue weighted by Gasteiger charge is 2.13. The zero-order valence-electron chi connectivity index (χ0n) is 9.69. The van der Waals surface area contributed by atoms with Gasteiger partial charge in [-0.05, 0) is 19.4 Å². The van der Waals surface area contributed by atoms with Crippen LogP contribution in [0.2, 0.25) is 0 Å². The Balaban J connectivity index is 2.71. The van der Waals surface area contributed by atoms with Gasteiger partial charge < -0.3 is 0 Å². The first-order valence-electron chi connectivity index (χ1n) is 5.20. The quantitative estimate of drug-likeness (QED) is 0.720. The Bertz CT molecular complexity index is 541. The van der Waals surface area contributed by atoms with Crippen LogP contribution in [-0.4, -0.2) is 16.1 Å². The van der Waals surface area contributed by atoms with Crippen molar-refractivity contribution < 1.29 is 4.79 Å². The first kappa shape index (κ1) is 10.6. The summed E-state index contributed by atoms with van der Waals surface area (Å²) in [7, 11) is 1.91. The predicted molar refractivity (Wildman–Crippen MR) is 63.5 cm³/mol. The molecule has 82 valence electrons. The van der Waals surface area contributed by atoms with Crippen LogP contribution in [0.3, 0.4) is 0 Å². The van der Waals surface area contributed by atoms with E-state index >= 15 is 0 Å². The van der Waals surface area contributed by atoms with E-state index < -0.39 is 0 Å². The minimum atomic E-state index is 0.710. The van der Waals surface area contributed by atoms with E-state index in [0.717, 1.165) is 28.8 Å². The van der Waals surface area contributed by atoms with Gasteiger partial charge in [-0.25, -0.2) is 0 Å². The molecule has 0 aliphatic carbocycles. The fraction of sp³-hybridized carbons (Fsp3) is 0.231. The molecular weight excluding hydrogens is 200 g/mol. The fourth-order valence-corrected chi connectivity index (χ4v) is 1.99. The van der Waals surface area contributed by atoms with Crippen molar-refractivity contribution in [2.24, 2.45) is 7.05 Å². The lowest BCUT2D eigenvalue weighted by Gasteiger charge is -2.05. The average Bonchev–Trinajstić information content (AvgIpc) is 2.53. The van der Waals surface area contributed by atoms with Crippen LogP contribution in [0.5, 0.6) is 0 Å². The second kappa shape index (κ2) is 3.93. The highest BCUT2D eigenvalue weighted by molar-refractivity contribution is 5.88. The minimum absolute atomic E-state index is 0.710. The highest BCUT2D eigenvalue weighted by atomic mass is 16.1. The second-order valence-corrected chi connectivity index (χ2v) is 3.87. The number of aldehydes is 1. The first-order valence-corrected chi connectivity index (χ1v) is 5.20. The van der Waals surface area contributed by atoms with Crippen LogP contribution in [-0.2, 0) is 7.05 Å². The van der Waals surface area contributed by atoms with Gasteiger partial charge in [0.1, 0.15) is 0 Å². The van der Waals surface area contributed by atoms with E-state index in [-0.39, 0.29) is 0 Å². The van der Waals surface area contributed by atoms with Crippen molar-refractivity contribution in [2.75, 3.05) is 0 Å². The largest absolute Gasteiger partial charge is 0.298 e. The molecule has 1 aromatic heterocycles. The van der Waals surface area contributed by atoms with E-state index in [9.17, 15) is 4.79 Å². The number of nitrogens with zero attached hydrogens (tertiary/aromatic N) is 2. The van der Waals surface area contributed by atoms with Crippen molar-refractivity contribution in [1.29, 1.82) is 0 Å². The van der Waals surface area contributed by atoms with E-state index in [4.69, 9.17) is 0 Å². The number of carbonyl (C=O) groups is 1. The highest BCUT2D eigenvalue weighted by Crippen LogP contribution is 2.28. The van der Waals surface area contributed by atoms with Crippen LogP contribution >= 0.6 is 0 Å². The van der Waals surface area contributed by atoms with Gasteiger partial charge >= 0.3 is 0 Å². The molecule has 1 aromatic carbocycles. The van der Waals surface area contributed by atoms with Gasteiger partial charge in [-0.3, -0.25) is 9.48 Å². The van der Waals surface area contributed by atoms with Crippen molar-refractivity contribution in [3.8, 4) is 11.1 Å². The lowest BCUT2D eigenvalue weighted by atomic mass is 9.99. The van der Waals surface area contributed by atoms with Crippen molar-refractivity contribution in [3.63, 3.8) is 0 Å². The molecule has 0 bridgehead atoms. The maximum atomic E-state index is 11.0. The van der Waals surface area contributed by atoms with Gasteiger partial charge in [0.15, 0.2) is 6.29 Å². The summed E-state index contributed by atoms with van der Waals surface area (Å²) in [6.07, 6.45) is 0.890. The van der Waals surface area contributed by atoms with Crippen molar-refractivity contribution in [2.45, 2.75) is 13.8 Å². The molecule has 3 heteroatoms. The lowest BCUT2D eigenvalue weighted by molar-refractivity contribution is 0.112. The molecule has 0 unspecified atom stereocenters. The summed E-state index contributed by atoms with van der Waals surface area (Å²) in [5, 5.41) is 4.36. The molecule has 2 rings (SSSR count). The monoisotopic (exact) mass is 214 g/mol. The van der Waals surface area contributed by atoms with Gasteiger partial charge in [0.05, 0.1) is 5.69 Å². The third kappa shape index (κ3) is 1.54. The zero-order chi connectivity index (χ0) is 11.7. The van der Waals surface area contributed by atoms with Gasteiger partial charge in [0.25, 0.3) is 0 Å². The molecule has 0 aliphatic rings. The average molecular weight is 214 g/mol. The topological polar surface area (TPSA) is 34.9 Å². The number of carbonyl (C=O) groups excluding carboxylic acids is 1. The van der Waals surface area contributed by atoms with Crippen LogP contribution in [0.15, 0.2) is 24.3 Å². The summed E-state index contributed by atoms with van der Waals surface area (Å²) in [5.41, 5.74) is 4.76. The van der Waals surface area contributed by atoms with Gasteiger partial charge in [-0.2, -0.15) is 5.10 Å². The number of hydrogen-bond acceptors (Lipinski definition) is 2. The van der Waals surface area contributed by atoms with Crippen LogP contribution in [0.25, 0.3) is 11.1 Å². The van der Waals surface area contributed by atoms with E-state index in [2.05, 4.69) is 5.10 Å². The molecule has 0 saturated carbocycles. The Morgan fingerprint density at radius 1 is 1.25 bits per heavy atom. The smallest absolute Gasteiger partial charge is 0.150 e.